The van der Waals surface area contributed by atoms with Gasteiger partial charge in [0.15, 0.2) is 11.5 Å². The summed E-state index contributed by atoms with van der Waals surface area (Å²) < 4.78 is 0. The Bertz CT molecular complexity index is 721. The van der Waals surface area contributed by atoms with Crippen molar-refractivity contribution in [2.45, 2.75) is 13.1 Å². The maximum atomic E-state index is 11.3. The van der Waals surface area contributed by atoms with E-state index in [1.165, 1.54) is 24.5 Å². The summed E-state index contributed by atoms with van der Waals surface area (Å²) in [5.41, 5.74) is 0.132. The van der Waals surface area contributed by atoms with Crippen LogP contribution in [0.25, 0.3) is 0 Å². The third-order valence-corrected chi connectivity index (χ3v) is 3.58. The molecule has 0 aliphatic rings. The van der Waals surface area contributed by atoms with Crippen LogP contribution in [0.5, 0.6) is 11.5 Å². The van der Waals surface area contributed by atoms with Gasteiger partial charge in [-0.1, -0.05) is 0 Å². The Kier molecular flexibility index (Phi) is 7.20. The van der Waals surface area contributed by atoms with Crippen molar-refractivity contribution in [3.63, 3.8) is 0 Å². The van der Waals surface area contributed by atoms with E-state index in [1.54, 1.807) is 0 Å². The molecule has 0 radical (unpaired) electrons. The second-order valence-electron chi connectivity index (χ2n) is 5.44. The minimum absolute atomic E-state index is 0.255. The van der Waals surface area contributed by atoms with E-state index in [9.17, 15) is 19.8 Å². The lowest BCUT2D eigenvalue weighted by molar-refractivity contribution is 0.453. The number of rotatable bonds is 10. The lowest BCUT2D eigenvalue weighted by Crippen LogP contribution is -2.32. The van der Waals surface area contributed by atoms with E-state index in [0.29, 0.717) is 50.7 Å². The molecule has 0 unspecified atom stereocenters. The van der Waals surface area contributed by atoms with Crippen molar-refractivity contribution < 1.29 is 10.2 Å². The molecule has 0 aliphatic heterocycles. The minimum atomic E-state index is -0.398. The maximum absolute atomic E-state index is 11.3. The first-order chi connectivity index (χ1) is 12.1. The molecular formula is C16H23N5O4. The topological polar surface area (TPSA) is 142 Å². The summed E-state index contributed by atoms with van der Waals surface area (Å²) in [4.78, 5) is 28.2. The third kappa shape index (κ3) is 5.75. The summed E-state index contributed by atoms with van der Waals surface area (Å²) in [5.74, 6) is -0.510. The normalized spacial score (nSPS) is 10.9. The van der Waals surface area contributed by atoms with Crippen molar-refractivity contribution in [3.05, 3.63) is 56.4 Å². The molecule has 136 valence electrons. The Morgan fingerprint density at radius 2 is 1.12 bits per heavy atom. The molecule has 0 amide bonds. The highest BCUT2D eigenvalue weighted by Crippen LogP contribution is 2.06. The molecule has 0 saturated carbocycles. The Labute approximate surface area is 144 Å². The number of H-pyrrole nitrogens is 2. The molecule has 0 saturated heterocycles. The van der Waals surface area contributed by atoms with Gasteiger partial charge in [0.25, 0.3) is 0 Å². The zero-order chi connectivity index (χ0) is 18.1. The molecule has 0 spiro atoms. The standard InChI is InChI=1S/C16H23N5O4/c22-13-1-3-20-11(15(13)24)9-18-7-5-17-6-8-19-10-12-16(25)14(23)2-4-21-12/h1-4,17-19,24-25H,5-10H2,(H,20,22)(H,21,23). The van der Waals surface area contributed by atoms with Crippen molar-refractivity contribution in [2.75, 3.05) is 26.2 Å². The Hall–Kier alpha value is -2.62. The van der Waals surface area contributed by atoms with Crippen LogP contribution in [0.1, 0.15) is 11.4 Å². The molecule has 9 heteroatoms. The summed E-state index contributed by atoms with van der Waals surface area (Å²) in [7, 11) is 0. The predicted molar refractivity (Wildman–Crippen MR) is 93.7 cm³/mol. The first-order valence-electron chi connectivity index (χ1n) is 8.01. The average molecular weight is 349 g/mol. The quantitative estimate of drug-likeness (QED) is 0.271. The number of pyridine rings is 2. The van der Waals surface area contributed by atoms with E-state index in [2.05, 4.69) is 25.9 Å². The van der Waals surface area contributed by atoms with Crippen molar-refractivity contribution >= 4 is 0 Å². The third-order valence-electron chi connectivity index (χ3n) is 3.58. The van der Waals surface area contributed by atoms with Crippen LogP contribution in [-0.2, 0) is 13.1 Å². The molecule has 2 rings (SSSR count). The van der Waals surface area contributed by atoms with Gasteiger partial charge in [0, 0.05) is 63.8 Å². The zero-order valence-electron chi connectivity index (χ0n) is 13.8. The Morgan fingerprint density at radius 3 is 1.56 bits per heavy atom. The van der Waals surface area contributed by atoms with E-state index in [4.69, 9.17) is 0 Å². The van der Waals surface area contributed by atoms with Gasteiger partial charge in [0.1, 0.15) is 0 Å². The smallest absolute Gasteiger partial charge is 0.223 e. The van der Waals surface area contributed by atoms with E-state index < -0.39 is 10.9 Å². The molecular weight excluding hydrogens is 326 g/mol. The van der Waals surface area contributed by atoms with E-state index in [0.717, 1.165) is 0 Å². The summed E-state index contributed by atoms with van der Waals surface area (Å²) >= 11 is 0. The molecule has 2 aromatic heterocycles. The van der Waals surface area contributed by atoms with Crippen molar-refractivity contribution in [1.29, 1.82) is 0 Å². The van der Waals surface area contributed by atoms with Gasteiger partial charge in [-0.2, -0.15) is 0 Å². The van der Waals surface area contributed by atoms with Crippen LogP contribution in [0.4, 0.5) is 0 Å². The second kappa shape index (κ2) is 9.62. The molecule has 25 heavy (non-hydrogen) atoms. The van der Waals surface area contributed by atoms with Gasteiger partial charge in [-0.05, 0) is 0 Å². The number of hydrogen-bond donors (Lipinski definition) is 7. The Morgan fingerprint density at radius 1 is 0.720 bits per heavy atom. The molecule has 0 aromatic carbocycles. The fourth-order valence-electron chi connectivity index (χ4n) is 2.20. The fraction of sp³-hybridized carbons (Fsp3) is 0.375. The summed E-state index contributed by atoms with van der Waals surface area (Å²) in [6, 6.07) is 2.55. The van der Waals surface area contributed by atoms with E-state index in [-0.39, 0.29) is 11.5 Å². The monoisotopic (exact) mass is 349 g/mol. The van der Waals surface area contributed by atoms with Crippen LogP contribution in [0.2, 0.25) is 0 Å². The molecule has 2 heterocycles. The summed E-state index contributed by atoms with van der Waals surface area (Å²) in [6.45, 7) is 3.52. The summed E-state index contributed by atoms with van der Waals surface area (Å²) in [5, 5.41) is 28.6. The minimum Gasteiger partial charge on any atom is -0.503 e. The molecule has 2 aromatic rings. The molecule has 7 N–H and O–H groups in total. The lowest BCUT2D eigenvalue weighted by atomic mass is 10.3. The number of hydrogen-bond acceptors (Lipinski definition) is 7. The number of aromatic hydroxyl groups is 2. The molecule has 0 atom stereocenters. The fourth-order valence-corrected chi connectivity index (χ4v) is 2.20. The first kappa shape index (κ1) is 18.7. The summed E-state index contributed by atoms with van der Waals surface area (Å²) in [6.07, 6.45) is 3.00. The lowest BCUT2D eigenvalue weighted by Gasteiger charge is -2.09. The van der Waals surface area contributed by atoms with Gasteiger partial charge >= 0.3 is 0 Å². The van der Waals surface area contributed by atoms with Gasteiger partial charge < -0.3 is 36.1 Å². The van der Waals surface area contributed by atoms with Crippen LogP contribution in [0, 0.1) is 0 Å². The molecule has 9 nitrogen and oxygen atoms in total. The highest BCUT2D eigenvalue weighted by molar-refractivity contribution is 5.25. The first-order valence-corrected chi connectivity index (χ1v) is 8.01. The number of aromatic amines is 2. The Balaban J connectivity index is 1.54. The van der Waals surface area contributed by atoms with Gasteiger partial charge in [0.2, 0.25) is 10.9 Å². The highest BCUT2D eigenvalue weighted by atomic mass is 16.3. The van der Waals surface area contributed by atoms with Crippen molar-refractivity contribution in [3.8, 4) is 11.5 Å². The maximum Gasteiger partial charge on any atom is 0.223 e. The van der Waals surface area contributed by atoms with Gasteiger partial charge in [-0.15, -0.1) is 0 Å². The van der Waals surface area contributed by atoms with Gasteiger partial charge in [0.05, 0.1) is 11.4 Å². The number of aromatic nitrogens is 2. The van der Waals surface area contributed by atoms with E-state index in [1.807, 2.05) is 0 Å². The predicted octanol–water partition coefficient (Wildman–Crippen LogP) is -1.06. The average Bonchev–Trinajstić information content (AvgIpc) is 2.60. The molecule has 0 aliphatic carbocycles. The zero-order valence-corrected chi connectivity index (χ0v) is 13.8. The van der Waals surface area contributed by atoms with Crippen LogP contribution in [0.15, 0.2) is 34.1 Å². The van der Waals surface area contributed by atoms with Crippen molar-refractivity contribution in [2.24, 2.45) is 0 Å². The molecule has 0 bridgehead atoms. The highest BCUT2D eigenvalue weighted by Gasteiger charge is 2.04. The van der Waals surface area contributed by atoms with E-state index >= 15 is 0 Å². The van der Waals surface area contributed by atoms with Gasteiger partial charge in [-0.3, -0.25) is 9.59 Å². The SMILES string of the molecule is O=c1cc[nH]c(CNCCNCCNCc2[nH]ccc(=O)c2O)c1O. The molecule has 0 fully saturated rings. The largest absolute Gasteiger partial charge is 0.503 e. The number of nitrogens with one attached hydrogen (secondary N) is 5. The van der Waals surface area contributed by atoms with Crippen LogP contribution >= 0.6 is 0 Å². The van der Waals surface area contributed by atoms with Crippen LogP contribution in [0.3, 0.4) is 0 Å². The van der Waals surface area contributed by atoms with Crippen LogP contribution in [-0.4, -0.2) is 46.4 Å². The van der Waals surface area contributed by atoms with Crippen LogP contribution < -0.4 is 26.8 Å². The van der Waals surface area contributed by atoms with Gasteiger partial charge in [-0.25, -0.2) is 0 Å². The second-order valence-corrected chi connectivity index (χ2v) is 5.44. The van der Waals surface area contributed by atoms with Crippen molar-refractivity contribution in [1.82, 2.24) is 25.9 Å².